The van der Waals surface area contributed by atoms with Crippen LogP contribution >= 0.6 is 15.9 Å². The Hall–Kier alpha value is -2.08. The van der Waals surface area contributed by atoms with Crippen LogP contribution in [0.2, 0.25) is 0 Å². The van der Waals surface area contributed by atoms with Crippen molar-refractivity contribution in [1.82, 2.24) is 9.38 Å². The largest absolute Gasteiger partial charge is 0.456 e. The Labute approximate surface area is 123 Å². The number of anilines is 1. The number of carbonyl (C=O) groups excluding carboxylic acids is 1. The van der Waals surface area contributed by atoms with Gasteiger partial charge >= 0.3 is 0 Å². The van der Waals surface area contributed by atoms with Crippen LogP contribution in [0.25, 0.3) is 5.65 Å². The summed E-state index contributed by atoms with van der Waals surface area (Å²) in [4.78, 5) is 16.4. The quantitative estimate of drug-likeness (QED) is 0.780. The number of fused-ring (bicyclic) bond motifs is 1. The van der Waals surface area contributed by atoms with Gasteiger partial charge in [-0.1, -0.05) is 0 Å². The fourth-order valence-corrected chi connectivity index (χ4v) is 2.33. The Morgan fingerprint density at radius 2 is 2.10 bits per heavy atom. The van der Waals surface area contributed by atoms with Gasteiger partial charge in [-0.3, -0.25) is 4.79 Å². The van der Waals surface area contributed by atoms with Crippen LogP contribution in [0.3, 0.4) is 0 Å². The van der Waals surface area contributed by atoms with Gasteiger partial charge in [0.05, 0.1) is 11.4 Å². The van der Waals surface area contributed by atoms with Crippen molar-refractivity contribution >= 4 is 33.2 Å². The van der Waals surface area contributed by atoms with Crippen molar-refractivity contribution in [2.24, 2.45) is 0 Å². The number of halogens is 1. The summed E-state index contributed by atoms with van der Waals surface area (Å²) in [5, 5.41) is 2.80. The maximum atomic E-state index is 12.0. The molecule has 3 rings (SSSR count). The maximum absolute atomic E-state index is 12.0. The third-order valence-electron chi connectivity index (χ3n) is 3.02. The number of rotatable bonds is 2. The lowest BCUT2D eigenvalue weighted by atomic mass is 10.3. The molecule has 0 aliphatic heterocycles. The van der Waals surface area contributed by atoms with Gasteiger partial charge < -0.3 is 14.1 Å². The molecule has 0 aromatic carbocycles. The first kappa shape index (κ1) is 12.9. The van der Waals surface area contributed by atoms with Crippen LogP contribution in [0.1, 0.15) is 22.0 Å². The monoisotopic (exact) mass is 333 g/mol. The van der Waals surface area contributed by atoms with Crippen LogP contribution in [0, 0.1) is 13.8 Å². The predicted octanol–water partition coefficient (Wildman–Crippen LogP) is 3.56. The molecule has 0 saturated heterocycles. The molecule has 0 fully saturated rings. The Morgan fingerprint density at radius 1 is 1.30 bits per heavy atom. The van der Waals surface area contributed by atoms with Gasteiger partial charge in [-0.2, -0.15) is 0 Å². The Balaban J connectivity index is 1.91. The molecule has 3 heterocycles. The standard InChI is InChI=1S/C14H12BrN3O2/c1-8-3-5-11(20-8)14(19)16-10-4-6-12-17-13(15)9(2)18(12)7-10/h3-7H,1-2H3,(H,16,19). The molecule has 0 radical (unpaired) electrons. The highest BCUT2D eigenvalue weighted by Gasteiger charge is 2.11. The lowest BCUT2D eigenvalue weighted by Crippen LogP contribution is -2.11. The number of nitrogens with one attached hydrogen (secondary N) is 1. The van der Waals surface area contributed by atoms with Gasteiger partial charge in [0.15, 0.2) is 5.76 Å². The number of nitrogens with zero attached hydrogens (tertiary/aromatic N) is 2. The minimum Gasteiger partial charge on any atom is -0.456 e. The summed E-state index contributed by atoms with van der Waals surface area (Å²) in [7, 11) is 0. The summed E-state index contributed by atoms with van der Waals surface area (Å²) < 4.78 is 8.00. The highest BCUT2D eigenvalue weighted by Crippen LogP contribution is 2.20. The van der Waals surface area contributed by atoms with Crippen molar-refractivity contribution in [3.05, 3.63) is 52.3 Å². The van der Waals surface area contributed by atoms with E-state index < -0.39 is 0 Å². The van der Waals surface area contributed by atoms with Crippen LogP contribution in [0.5, 0.6) is 0 Å². The maximum Gasteiger partial charge on any atom is 0.291 e. The number of aryl methyl sites for hydroxylation is 2. The minimum atomic E-state index is -0.269. The zero-order chi connectivity index (χ0) is 14.3. The summed E-state index contributed by atoms with van der Waals surface area (Å²) in [6.45, 7) is 3.75. The van der Waals surface area contributed by atoms with E-state index in [9.17, 15) is 4.79 Å². The zero-order valence-corrected chi connectivity index (χ0v) is 12.6. The zero-order valence-electron chi connectivity index (χ0n) is 11.0. The van der Waals surface area contributed by atoms with Gasteiger partial charge in [-0.05, 0) is 54.0 Å². The van der Waals surface area contributed by atoms with Crippen LogP contribution in [-0.4, -0.2) is 15.3 Å². The molecule has 102 valence electrons. The van der Waals surface area contributed by atoms with Crippen LogP contribution in [0.4, 0.5) is 5.69 Å². The number of amides is 1. The van der Waals surface area contributed by atoms with Gasteiger partial charge in [0.1, 0.15) is 16.0 Å². The van der Waals surface area contributed by atoms with Crippen molar-refractivity contribution < 1.29 is 9.21 Å². The predicted molar refractivity (Wildman–Crippen MR) is 79.0 cm³/mol. The highest BCUT2D eigenvalue weighted by molar-refractivity contribution is 9.10. The molecule has 0 bridgehead atoms. The molecule has 1 N–H and O–H groups in total. The molecule has 0 atom stereocenters. The van der Waals surface area contributed by atoms with E-state index in [-0.39, 0.29) is 5.91 Å². The van der Waals surface area contributed by atoms with Gasteiger partial charge in [0, 0.05) is 6.20 Å². The van der Waals surface area contributed by atoms with Crippen molar-refractivity contribution in [2.75, 3.05) is 5.32 Å². The van der Waals surface area contributed by atoms with E-state index in [1.165, 1.54) is 0 Å². The molecule has 1 amide bonds. The molecule has 3 aromatic rings. The van der Waals surface area contributed by atoms with Crippen molar-refractivity contribution in [1.29, 1.82) is 0 Å². The van der Waals surface area contributed by atoms with E-state index >= 15 is 0 Å². The summed E-state index contributed by atoms with van der Waals surface area (Å²) >= 11 is 3.39. The molecule has 0 aliphatic carbocycles. The molecule has 0 spiro atoms. The van der Waals surface area contributed by atoms with E-state index in [1.807, 2.05) is 29.7 Å². The number of imidazole rings is 1. The summed E-state index contributed by atoms with van der Waals surface area (Å²) in [5.74, 6) is 0.736. The van der Waals surface area contributed by atoms with Gasteiger partial charge in [-0.15, -0.1) is 0 Å². The number of hydrogen-bond acceptors (Lipinski definition) is 3. The fourth-order valence-electron chi connectivity index (χ4n) is 1.96. The first-order valence-corrected chi connectivity index (χ1v) is 6.86. The summed E-state index contributed by atoms with van der Waals surface area (Å²) in [5.41, 5.74) is 2.48. The second kappa shape index (κ2) is 4.79. The van der Waals surface area contributed by atoms with Crippen LogP contribution < -0.4 is 5.32 Å². The summed E-state index contributed by atoms with van der Waals surface area (Å²) in [6, 6.07) is 7.07. The number of hydrogen-bond donors (Lipinski definition) is 1. The molecular formula is C14H12BrN3O2. The van der Waals surface area contributed by atoms with Crippen molar-refractivity contribution in [3.63, 3.8) is 0 Å². The highest BCUT2D eigenvalue weighted by atomic mass is 79.9. The van der Waals surface area contributed by atoms with Gasteiger partial charge in [0.25, 0.3) is 5.91 Å². The summed E-state index contributed by atoms with van der Waals surface area (Å²) in [6.07, 6.45) is 1.83. The van der Waals surface area contributed by atoms with Crippen molar-refractivity contribution in [3.8, 4) is 0 Å². The van der Waals surface area contributed by atoms with E-state index in [4.69, 9.17) is 4.42 Å². The molecular weight excluding hydrogens is 322 g/mol. The van der Waals surface area contributed by atoms with Crippen LogP contribution in [-0.2, 0) is 0 Å². The van der Waals surface area contributed by atoms with E-state index in [2.05, 4.69) is 26.2 Å². The Morgan fingerprint density at radius 3 is 2.80 bits per heavy atom. The molecule has 5 nitrogen and oxygen atoms in total. The fraction of sp³-hybridized carbons (Fsp3) is 0.143. The molecule has 3 aromatic heterocycles. The normalized spacial score (nSPS) is 10.9. The second-order valence-electron chi connectivity index (χ2n) is 4.50. The number of carbonyl (C=O) groups is 1. The average Bonchev–Trinajstić information content (AvgIpc) is 2.96. The second-order valence-corrected chi connectivity index (χ2v) is 5.25. The smallest absolute Gasteiger partial charge is 0.291 e. The Kier molecular flexibility index (Phi) is 3.10. The molecule has 0 unspecified atom stereocenters. The number of furan rings is 1. The average molecular weight is 334 g/mol. The molecule has 20 heavy (non-hydrogen) atoms. The topological polar surface area (TPSA) is 59.5 Å². The number of aromatic nitrogens is 2. The third kappa shape index (κ3) is 2.22. The van der Waals surface area contributed by atoms with E-state index in [1.54, 1.807) is 19.1 Å². The molecule has 6 heteroatoms. The Bertz CT molecular complexity index is 804. The first-order chi connectivity index (χ1) is 9.54. The number of pyridine rings is 1. The van der Waals surface area contributed by atoms with Gasteiger partial charge in [0.2, 0.25) is 0 Å². The van der Waals surface area contributed by atoms with E-state index in [0.717, 1.165) is 15.9 Å². The lowest BCUT2D eigenvalue weighted by Gasteiger charge is -2.04. The van der Waals surface area contributed by atoms with E-state index in [0.29, 0.717) is 17.2 Å². The van der Waals surface area contributed by atoms with Crippen molar-refractivity contribution in [2.45, 2.75) is 13.8 Å². The third-order valence-corrected chi connectivity index (χ3v) is 3.77. The minimum absolute atomic E-state index is 0.269. The molecule has 0 aliphatic rings. The first-order valence-electron chi connectivity index (χ1n) is 6.06. The molecule has 0 saturated carbocycles. The lowest BCUT2D eigenvalue weighted by molar-refractivity contribution is 0.0995. The van der Waals surface area contributed by atoms with Gasteiger partial charge in [-0.25, -0.2) is 4.98 Å². The van der Waals surface area contributed by atoms with Crippen LogP contribution in [0.15, 0.2) is 39.5 Å². The SMILES string of the molecule is Cc1ccc(C(=O)Nc2ccc3nc(Br)c(C)n3c2)o1.